The van der Waals surface area contributed by atoms with Crippen LogP contribution in [0.25, 0.3) is 6.08 Å². The molecule has 0 heterocycles. The van der Waals surface area contributed by atoms with Crippen LogP contribution in [-0.4, -0.2) is 19.0 Å². The minimum absolute atomic E-state index is 0.00617. The Morgan fingerprint density at radius 3 is 2.31 bits per heavy atom. The number of hydrogen-bond acceptors (Lipinski definition) is 3. The SMILES string of the molecule is CCN(CC)c1ccc(/C=C(/C#N)C(=O)Nc2ccc(Cl)c(Cl)c2)cc1. The first kappa shape index (κ1) is 19.8. The number of nitriles is 1. The summed E-state index contributed by atoms with van der Waals surface area (Å²) in [5.74, 6) is -0.501. The Morgan fingerprint density at radius 1 is 1.12 bits per heavy atom. The lowest BCUT2D eigenvalue weighted by molar-refractivity contribution is -0.112. The molecule has 0 unspecified atom stereocenters. The van der Waals surface area contributed by atoms with Crippen LogP contribution >= 0.6 is 23.2 Å². The topological polar surface area (TPSA) is 56.1 Å². The Labute approximate surface area is 163 Å². The van der Waals surface area contributed by atoms with Crippen LogP contribution in [0.1, 0.15) is 19.4 Å². The molecule has 0 saturated heterocycles. The van der Waals surface area contributed by atoms with Crippen LogP contribution in [0.2, 0.25) is 10.0 Å². The van der Waals surface area contributed by atoms with Gasteiger partial charge in [0.1, 0.15) is 11.6 Å². The summed E-state index contributed by atoms with van der Waals surface area (Å²) in [7, 11) is 0. The molecule has 0 bridgehead atoms. The molecule has 134 valence electrons. The molecular formula is C20H19Cl2N3O. The van der Waals surface area contributed by atoms with Crippen molar-refractivity contribution in [3.63, 3.8) is 0 Å². The summed E-state index contributed by atoms with van der Waals surface area (Å²) in [5.41, 5.74) is 2.36. The average Bonchev–Trinajstić information content (AvgIpc) is 2.64. The molecule has 2 aromatic rings. The van der Waals surface area contributed by atoms with Crippen molar-refractivity contribution in [3.05, 3.63) is 63.6 Å². The molecular weight excluding hydrogens is 369 g/mol. The van der Waals surface area contributed by atoms with Crippen LogP contribution < -0.4 is 10.2 Å². The van der Waals surface area contributed by atoms with Gasteiger partial charge in [-0.25, -0.2) is 0 Å². The summed E-state index contributed by atoms with van der Waals surface area (Å²) in [6.45, 7) is 6.03. The molecule has 2 rings (SSSR count). The van der Waals surface area contributed by atoms with Crippen molar-refractivity contribution in [2.45, 2.75) is 13.8 Å². The van der Waals surface area contributed by atoms with Crippen molar-refractivity contribution in [1.82, 2.24) is 0 Å². The predicted octanol–water partition coefficient (Wildman–Crippen LogP) is 5.39. The van der Waals surface area contributed by atoms with Crippen molar-refractivity contribution in [2.75, 3.05) is 23.3 Å². The molecule has 1 amide bonds. The van der Waals surface area contributed by atoms with E-state index in [1.165, 1.54) is 6.07 Å². The van der Waals surface area contributed by atoms with E-state index in [0.717, 1.165) is 24.3 Å². The normalized spacial score (nSPS) is 11.0. The number of carbonyl (C=O) groups is 1. The highest BCUT2D eigenvalue weighted by Gasteiger charge is 2.11. The molecule has 0 fully saturated rings. The maximum atomic E-state index is 12.3. The van der Waals surface area contributed by atoms with Gasteiger partial charge in [0.25, 0.3) is 5.91 Å². The van der Waals surface area contributed by atoms with Crippen molar-refractivity contribution >= 4 is 46.6 Å². The zero-order valence-corrected chi connectivity index (χ0v) is 16.1. The number of anilines is 2. The largest absolute Gasteiger partial charge is 0.372 e. The number of amides is 1. The molecule has 4 nitrogen and oxygen atoms in total. The van der Waals surface area contributed by atoms with Gasteiger partial charge in [-0.05, 0) is 55.8 Å². The maximum Gasteiger partial charge on any atom is 0.266 e. The highest BCUT2D eigenvalue weighted by molar-refractivity contribution is 6.42. The molecule has 0 aromatic heterocycles. The lowest BCUT2D eigenvalue weighted by Crippen LogP contribution is -2.21. The number of rotatable bonds is 6. The van der Waals surface area contributed by atoms with Gasteiger partial charge in [0.15, 0.2) is 0 Å². The summed E-state index contributed by atoms with van der Waals surface area (Å²) in [6, 6.07) is 14.4. The van der Waals surface area contributed by atoms with Gasteiger partial charge in [-0.3, -0.25) is 4.79 Å². The van der Waals surface area contributed by atoms with Gasteiger partial charge in [-0.15, -0.1) is 0 Å². The summed E-state index contributed by atoms with van der Waals surface area (Å²) in [4.78, 5) is 14.5. The van der Waals surface area contributed by atoms with Crippen molar-refractivity contribution in [3.8, 4) is 6.07 Å². The van der Waals surface area contributed by atoms with Crippen LogP contribution in [0.4, 0.5) is 11.4 Å². The molecule has 1 N–H and O–H groups in total. The van der Waals surface area contributed by atoms with Crippen LogP contribution in [0.3, 0.4) is 0 Å². The Bertz CT molecular complexity index is 850. The van der Waals surface area contributed by atoms with Crippen LogP contribution in [0.5, 0.6) is 0 Å². The fourth-order valence-electron chi connectivity index (χ4n) is 2.46. The van der Waals surface area contributed by atoms with Crippen molar-refractivity contribution in [2.24, 2.45) is 0 Å². The smallest absolute Gasteiger partial charge is 0.266 e. The number of hydrogen-bond donors (Lipinski definition) is 1. The van der Waals surface area contributed by atoms with E-state index in [2.05, 4.69) is 24.1 Å². The minimum atomic E-state index is -0.501. The first-order valence-corrected chi connectivity index (χ1v) is 8.97. The fraction of sp³-hybridized carbons (Fsp3) is 0.200. The zero-order chi connectivity index (χ0) is 19.1. The third kappa shape index (κ3) is 5.01. The Morgan fingerprint density at radius 2 is 1.77 bits per heavy atom. The van der Waals surface area contributed by atoms with E-state index in [0.29, 0.717) is 15.7 Å². The molecule has 0 aliphatic carbocycles. The highest BCUT2D eigenvalue weighted by atomic mass is 35.5. The van der Waals surface area contributed by atoms with Crippen LogP contribution in [0, 0.1) is 11.3 Å². The van der Waals surface area contributed by atoms with E-state index in [4.69, 9.17) is 23.2 Å². The van der Waals surface area contributed by atoms with E-state index in [9.17, 15) is 10.1 Å². The molecule has 6 heteroatoms. The van der Waals surface area contributed by atoms with Gasteiger partial charge in [0.05, 0.1) is 10.0 Å². The number of carbonyl (C=O) groups excluding carboxylic acids is 1. The van der Waals surface area contributed by atoms with Gasteiger partial charge in [0, 0.05) is 24.5 Å². The van der Waals surface area contributed by atoms with Crippen molar-refractivity contribution in [1.29, 1.82) is 5.26 Å². The van der Waals surface area contributed by atoms with Gasteiger partial charge in [-0.1, -0.05) is 35.3 Å². The quantitative estimate of drug-likeness (QED) is 0.534. The summed E-state index contributed by atoms with van der Waals surface area (Å²) in [6.07, 6.45) is 1.55. The second-order valence-corrected chi connectivity index (χ2v) is 6.33. The third-order valence-electron chi connectivity index (χ3n) is 3.88. The Hall–Kier alpha value is -2.48. The number of nitrogens with one attached hydrogen (secondary N) is 1. The van der Waals surface area contributed by atoms with E-state index in [1.807, 2.05) is 30.3 Å². The first-order valence-electron chi connectivity index (χ1n) is 8.21. The fourth-order valence-corrected chi connectivity index (χ4v) is 2.76. The summed E-state index contributed by atoms with van der Waals surface area (Å²) in [5, 5.41) is 12.7. The molecule has 0 aliphatic heterocycles. The predicted molar refractivity (Wildman–Crippen MR) is 109 cm³/mol. The van der Waals surface area contributed by atoms with Gasteiger partial charge < -0.3 is 10.2 Å². The zero-order valence-electron chi connectivity index (χ0n) is 14.6. The Balaban J connectivity index is 2.17. The van der Waals surface area contributed by atoms with Crippen LogP contribution in [-0.2, 0) is 4.79 Å². The van der Waals surface area contributed by atoms with Crippen LogP contribution in [0.15, 0.2) is 48.0 Å². The third-order valence-corrected chi connectivity index (χ3v) is 4.61. The second kappa shape index (κ2) is 9.28. The molecule has 0 aliphatic rings. The minimum Gasteiger partial charge on any atom is -0.372 e. The monoisotopic (exact) mass is 387 g/mol. The van der Waals surface area contributed by atoms with E-state index >= 15 is 0 Å². The molecule has 26 heavy (non-hydrogen) atoms. The van der Waals surface area contributed by atoms with E-state index < -0.39 is 5.91 Å². The number of nitrogens with zero attached hydrogens (tertiary/aromatic N) is 2. The van der Waals surface area contributed by atoms with E-state index in [-0.39, 0.29) is 5.57 Å². The molecule has 2 aromatic carbocycles. The highest BCUT2D eigenvalue weighted by Crippen LogP contribution is 2.25. The lowest BCUT2D eigenvalue weighted by Gasteiger charge is -2.20. The van der Waals surface area contributed by atoms with Gasteiger partial charge in [-0.2, -0.15) is 5.26 Å². The maximum absolute atomic E-state index is 12.3. The lowest BCUT2D eigenvalue weighted by atomic mass is 10.1. The average molecular weight is 388 g/mol. The van der Waals surface area contributed by atoms with Gasteiger partial charge >= 0.3 is 0 Å². The van der Waals surface area contributed by atoms with Gasteiger partial charge in [0.2, 0.25) is 0 Å². The second-order valence-electron chi connectivity index (χ2n) is 5.52. The van der Waals surface area contributed by atoms with E-state index in [1.54, 1.807) is 18.2 Å². The van der Waals surface area contributed by atoms with Crippen molar-refractivity contribution < 1.29 is 4.79 Å². The molecule has 0 spiro atoms. The number of benzene rings is 2. The molecule has 0 atom stereocenters. The summed E-state index contributed by atoms with van der Waals surface area (Å²) >= 11 is 11.8. The Kier molecular flexibility index (Phi) is 7.08. The standard InChI is InChI=1S/C20H19Cl2N3O/c1-3-25(4-2)17-8-5-14(6-9-17)11-15(13-23)20(26)24-16-7-10-18(21)19(22)12-16/h5-12H,3-4H2,1-2H3,(H,24,26)/b15-11-. The summed E-state index contributed by atoms with van der Waals surface area (Å²) < 4.78 is 0. The number of halogens is 2. The first-order chi connectivity index (χ1) is 12.5. The molecule has 0 saturated carbocycles. The molecule has 0 radical (unpaired) electrons.